The molecule has 1 saturated heterocycles. The van der Waals surface area contributed by atoms with Gasteiger partial charge in [0.2, 0.25) is 0 Å². The number of rotatable bonds is 5. The SMILES string of the molecule is CC(CCO)CCC1(C)C(C)C(O)CC23COC(=O)C2=CCCC31. The normalized spacial score (nSPS) is 42.8. The van der Waals surface area contributed by atoms with Crippen LogP contribution < -0.4 is 0 Å². The van der Waals surface area contributed by atoms with E-state index >= 15 is 0 Å². The van der Waals surface area contributed by atoms with E-state index < -0.39 is 6.10 Å². The second kappa shape index (κ2) is 6.45. The number of esters is 1. The number of ether oxygens (including phenoxy) is 1. The first kappa shape index (κ1) is 17.9. The highest BCUT2D eigenvalue weighted by Crippen LogP contribution is 2.63. The zero-order chi connectivity index (χ0) is 17.5. The van der Waals surface area contributed by atoms with Crippen LogP contribution in [0.1, 0.15) is 59.3 Å². The van der Waals surface area contributed by atoms with Crippen LogP contribution in [0.5, 0.6) is 0 Å². The van der Waals surface area contributed by atoms with E-state index in [2.05, 4.69) is 26.8 Å². The number of hydrogen-bond acceptors (Lipinski definition) is 4. The highest BCUT2D eigenvalue weighted by molar-refractivity contribution is 5.92. The van der Waals surface area contributed by atoms with Crippen molar-refractivity contribution in [1.29, 1.82) is 0 Å². The molecule has 0 aromatic carbocycles. The third-order valence-electron chi connectivity index (χ3n) is 7.47. The Hall–Kier alpha value is -0.870. The second-order valence-corrected chi connectivity index (χ2v) is 8.70. The summed E-state index contributed by atoms with van der Waals surface area (Å²) in [5, 5.41) is 20.0. The minimum Gasteiger partial charge on any atom is -0.461 e. The van der Waals surface area contributed by atoms with Gasteiger partial charge in [0.05, 0.1) is 6.10 Å². The van der Waals surface area contributed by atoms with Crippen molar-refractivity contribution in [2.24, 2.45) is 28.6 Å². The third kappa shape index (κ3) is 2.62. The van der Waals surface area contributed by atoms with E-state index in [-0.39, 0.29) is 29.3 Å². The molecule has 2 aliphatic carbocycles. The second-order valence-electron chi connectivity index (χ2n) is 8.70. The molecule has 6 atom stereocenters. The van der Waals surface area contributed by atoms with Crippen LogP contribution in [0.25, 0.3) is 0 Å². The van der Waals surface area contributed by atoms with Gasteiger partial charge in [-0.1, -0.05) is 33.3 Å². The quantitative estimate of drug-likeness (QED) is 0.757. The molecule has 1 heterocycles. The minimum absolute atomic E-state index is 0.00509. The highest BCUT2D eigenvalue weighted by atomic mass is 16.5. The maximum atomic E-state index is 12.2. The van der Waals surface area contributed by atoms with Crippen LogP contribution in [0.2, 0.25) is 0 Å². The molecule has 4 nitrogen and oxygen atoms in total. The molecule has 0 aromatic heterocycles. The zero-order valence-electron chi connectivity index (χ0n) is 15.3. The van der Waals surface area contributed by atoms with Crippen molar-refractivity contribution in [3.05, 3.63) is 11.6 Å². The van der Waals surface area contributed by atoms with E-state index in [9.17, 15) is 9.90 Å². The lowest BCUT2D eigenvalue weighted by atomic mass is 9.46. The molecule has 3 rings (SSSR count). The molecule has 136 valence electrons. The number of carbonyl (C=O) groups is 1. The number of allylic oxidation sites excluding steroid dienone is 1. The maximum absolute atomic E-state index is 12.2. The first-order chi connectivity index (χ1) is 11.3. The van der Waals surface area contributed by atoms with Gasteiger partial charge in [-0.3, -0.25) is 0 Å². The van der Waals surface area contributed by atoms with E-state index in [1.807, 2.05) is 0 Å². The number of carbonyl (C=O) groups excluding carboxylic acids is 1. The fourth-order valence-corrected chi connectivity index (χ4v) is 5.70. The van der Waals surface area contributed by atoms with Crippen LogP contribution in [-0.2, 0) is 9.53 Å². The Morgan fingerprint density at radius 1 is 1.42 bits per heavy atom. The third-order valence-corrected chi connectivity index (χ3v) is 7.47. The van der Waals surface area contributed by atoms with Gasteiger partial charge in [0, 0.05) is 17.6 Å². The van der Waals surface area contributed by atoms with Crippen molar-refractivity contribution in [1.82, 2.24) is 0 Å². The molecule has 1 aliphatic heterocycles. The topological polar surface area (TPSA) is 66.8 Å². The molecule has 1 spiro atoms. The standard InChI is InChI=1S/C20H32O4/c1-13(8-10-21)7-9-19(3)14(2)16(22)11-20-12-24-18(23)15(20)5-4-6-17(19)20/h5,13-14,16-17,21-22H,4,6-12H2,1-3H3. The van der Waals surface area contributed by atoms with E-state index in [1.54, 1.807) is 0 Å². The summed E-state index contributed by atoms with van der Waals surface area (Å²) in [6, 6.07) is 0. The van der Waals surface area contributed by atoms with E-state index in [4.69, 9.17) is 9.84 Å². The van der Waals surface area contributed by atoms with Crippen LogP contribution in [0, 0.1) is 28.6 Å². The molecule has 1 saturated carbocycles. The van der Waals surface area contributed by atoms with Gasteiger partial charge in [0.25, 0.3) is 0 Å². The Bertz CT molecular complexity index is 528. The highest BCUT2D eigenvalue weighted by Gasteiger charge is 2.63. The van der Waals surface area contributed by atoms with Crippen molar-refractivity contribution in [3.63, 3.8) is 0 Å². The van der Waals surface area contributed by atoms with Gasteiger partial charge in [0.15, 0.2) is 0 Å². The molecular weight excluding hydrogens is 304 g/mol. The van der Waals surface area contributed by atoms with E-state index in [0.29, 0.717) is 24.9 Å². The molecule has 0 aromatic rings. The minimum atomic E-state index is -0.393. The van der Waals surface area contributed by atoms with E-state index in [0.717, 1.165) is 37.7 Å². The Morgan fingerprint density at radius 2 is 2.17 bits per heavy atom. The van der Waals surface area contributed by atoms with Crippen molar-refractivity contribution in [3.8, 4) is 0 Å². The molecule has 0 amide bonds. The van der Waals surface area contributed by atoms with Crippen molar-refractivity contribution >= 4 is 5.97 Å². The summed E-state index contributed by atoms with van der Waals surface area (Å²) >= 11 is 0. The Balaban J connectivity index is 1.90. The van der Waals surface area contributed by atoms with Gasteiger partial charge in [-0.05, 0) is 55.3 Å². The average Bonchev–Trinajstić information content (AvgIpc) is 2.88. The smallest absolute Gasteiger partial charge is 0.334 e. The van der Waals surface area contributed by atoms with Crippen molar-refractivity contribution in [2.45, 2.75) is 65.4 Å². The average molecular weight is 336 g/mol. The van der Waals surface area contributed by atoms with Gasteiger partial charge in [-0.25, -0.2) is 4.79 Å². The van der Waals surface area contributed by atoms with Gasteiger partial charge in [0.1, 0.15) is 6.61 Å². The summed E-state index contributed by atoms with van der Waals surface area (Å²) in [5.74, 6) is 0.909. The summed E-state index contributed by atoms with van der Waals surface area (Å²) in [7, 11) is 0. The molecule has 6 unspecified atom stereocenters. The molecule has 3 aliphatic rings. The lowest BCUT2D eigenvalue weighted by molar-refractivity contribution is -0.138. The van der Waals surface area contributed by atoms with E-state index in [1.165, 1.54) is 0 Å². The fraction of sp³-hybridized carbons (Fsp3) is 0.850. The largest absolute Gasteiger partial charge is 0.461 e. The van der Waals surface area contributed by atoms with Crippen LogP contribution in [0.3, 0.4) is 0 Å². The molecule has 0 bridgehead atoms. The summed E-state index contributed by atoms with van der Waals surface area (Å²) in [5.41, 5.74) is 0.546. The predicted molar refractivity (Wildman–Crippen MR) is 92.2 cm³/mol. The Kier molecular flexibility index (Phi) is 4.82. The van der Waals surface area contributed by atoms with Crippen molar-refractivity contribution < 1.29 is 19.7 Å². The molecule has 2 fully saturated rings. The molecule has 24 heavy (non-hydrogen) atoms. The fourth-order valence-electron chi connectivity index (χ4n) is 5.70. The zero-order valence-corrected chi connectivity index (χ0v) is 15.3. The molecular formula is C20H32O4. The number of aliphatic hydroxyl groups is 2. The molecule has 4 heteroatoms. The summed E-state index contributed by atoms with van der Waals surface area (Å²) in [4.78, 5) is 12.2. The lowest BCUT2D eigenvalue weighted by Gasteiger charge is -2.58. The van der Waals surface area contributed by atoms with Gasteiger partial charge in [-0.15, -0.1) is 0 Å². The van der Waals surface area contributed by atoms with Crippen LogP contribution in [0.15, 0.2) is 11.6 Å². The van der Waals surface area contributed by atoms with Gasteiger partial charge >= 0.3 is 5.97 Å². The summed E-state index contributed by atoms with van der Waals surface area (Å²) < 4.78 is 5.45. The van der Waals surface area contributed by atoms with Crippen LogP contribution in [-0.4, -0.2) is 35.5 Å². The van der Waals surface area contributed by atoms with Crippen LogP contribution in [0.4, 0.5) is 0 Å². The molecule has 0 radical (unpaired) electrons. The summed E-state index contributed by atoms with van der Waals surface area (Å²) in [6.07, 6.45) is 7.23. The van der Waals surface area contributed by atoms with Crippen molar-refractivity contribution in [2.75, 3.05) is 13.2 Å². The van der Waals surface area contributed by atoms with Gasteiger partial charge < -0.3 is 14.9 Å². The summed E-state index contributed by atoms with van der Waals surface area (Å²) in [6.45, 7) is 7.34. The maximum Gasteiger partial charge on any atom is 0.334 e. The number of hydrogen-bond donors (Lipinski definition) is 2. The number of cyclic esters (lactones) is 1. The monoisotopic (exact) mass is 336 g/mol. The Morgan fingerprint density at radius 3 is 2.88 bits per heavy atom. The predicted octanol–water partition coefficient (Wildman–Crippen LogP) is 3.07. The van der Waals surface area contributed by atoms with Gasteiger partial charge in [-0.2, -0.15) is 0 Å². The first-order valence-corrected chi connectivity index (χ1v) is 9.52. The lowest BCUT2D eigenvalue weighted by Crippen LogP contribution is -2.56. The first-order valence-electron chi connectivity index (χ1n) is 9.52. The van der Waals surface area contributed by atoms with Crippen LogP contribution >= 0.6 is 0 Å². The Labute approximate surface area is 145 Å². The molecule has 2 N–H and O–H groups in total. The number of aliphatic hydroxyl groups excluding tert-OH is 2.